The fourth-order valence-electron chi connectivity index (χ4n) is 2.57. The number of thiophene rings is 1. The van der Waals surface area contributed by atoms with Gasteiger partial charge in [-0.15, -0.1) is 11.3 Å². The van der Waals surface area contributed by atoms with Crippen molar-refractivity contribution >= 4 is 34.7 Å². The number of amides is 1. The Labute approximate surface area is 150 Å². The number of pyridine rings is 1. The molecule has 1 saturated heterocycles. The number of carbonyl (C=O) groups is 1. The summed E-state index contributed by atoms with van der Waals surface area (Å²) in [6, 6.07) is 5.98. The summed E-state index contributed by atoms with van der Waals surface area (Å²) in [5.41, 5.74) is 0.507. The summed E-state index contributed by atoms with van der Waals surface area (Å²) in [5.74, 6) is 0.537. The van der Waals surface area contributed by atoms with Crippen LogP contribution < -0.4 is 5.32 Å². The molecule has 3 heterocycles. The second kappa shape index (κ2) is 7.51. The fraction of sp³-hybridized carbons (Fsp3) is 0.412. The molecule has 0 radical (unpaired) electrons. The molecule has 2 aromatic rings. The standard InChI is InChI=1S/C17H20ClN3O2S/c1-11-3-4-15(24-11)12(2)20-16-14(18)9-13(10-19-16)17(22)21-5-7-23-8-6-21/h3-4,9-10,12H,5-8H2,1-2H3,(H,19,20). The number of rotatable bonds is 4. The monoisotopic (exact) mass is 365 g/mol. The highest BCUT2D eigenvalue weighted by Crippen LogP contribution is 2.28. The first-order valence-corrected chi connectivity index (χ1v) is 9.09. The molecule has 3 rings (SSSR count). The van der Waals surface area contributed by atoms with Crippen molar-refractivity contribution in [3.05, 3.63) is 44.7 Å². The summed E-state index contributed by atoms with van der Waals surface area (Å²) in [6.07, 6.45) is 1.58. The largest absolute Gasteiger partial charge is 0.378 e. The van der Waals surface area contributed by atoms with Crippen LogP contribution in [0.15, 0.2) is 24.4 Å². The zero-order valence-corrected chi connectivity index (χ0v) is 15.3. The number of nitrogens with one attached hydrogen (secondary N) is 1. The Morgan fingerprint density at radius 3 is 2.79 bits per heavy atom. The van der Waals surface area contributed by atoms with Gasteiger partial charge in [0.2, 0.25) is 0 Å². The van der Waals surface area contributed by atoms with Crippen LogP contribution in [0, 0.1) is 6.92 Å². The molecule has 0 bridgehead atoms. The van der Waals surface area contributed by atoms with Gasteiger partial charge in [0.1, 0.15) is 5.82 Å². The normalized spacial score (nSPS) is 16.0. The van der Waals surface area contributed by atoms with Crippen LogP contribution in [0.2, 0.25) is 5.02 Å². The number of morpholine rings is 1. The van der Waals surface area contributed by atoms with Crippen LogP contribution in [0.4, 0.5) is 5.82 Å². The zero-order valence-electron chi connectivity index (χ0n) is 13.7. The number of nitrogens with zero attached hydrogens (tertiary/aromatic N) is 2. The van der Waals surface area contributed by atoms with Crippen LogP contribution in [0.1, 0.15) is 33.1 Å². The molecule has 2 aromatic heterocycles. The van der Waals surface area contributed by atoms with Gasteiger partial charge in [0.15, 0.2) is 0 Å². The van der Waals surface area contributed by atoms with Gasteiger partial charge in [-0.1, -0.05) is 11.6 Å². The number of halogens is 1. The molecule has 24 heavy (non-hydrogen) atoms. The molecule has 1 N–H and O–H groups in total. The van der Waals surface area contributed by atoms with E-state index in [-0.39, 0.29) is 11.9 Å². The highest BCUT2D eigenvalue weighted by atomic mass is 35.5. The van der Waals surface area contributed by atoms with Crippen LogP contribution in [-0.2, 0) is 4.74 Å². The summed E-state index contributed by atoms with van der Waals surface area (Å²) >= 11 is 8.07. The van der Waals surface area contributed by atoms with Gasteiger partial charge in [-0.25, -0.2) is 4.98 Å². The predicted molar refractivity (Wildman–Crippen MR) is 97.1 cm³/mol. The maximum Gasteiger partial charge on any atom is 0.255 e. The maximum atomic E-state index is 12.5. The second-order valence-electron chi connectivity index (χ2n) is 5.77. The first-order valence-electron chi connectivity index (χ1n) is 7.90. The molecule has 1 aliphatic heterocycles. The van der Waals surface area contributed by atoms with E-state index < -0.39 is 0 Å². The minimum Gasteiger partial charge on any atom is -0.378 e. The SMILES string of the molecule is Cc1ccc(C(C)Nc2ncc(C(=O)N3CCOCC3)cc2Cl)s1. The first kappa shape index (κ1) is 17.2. The Kier molecular flexibility index (Phi) is 5.38. The third kappa shape index (κ3) is 3.88. The van der Waals surface area contributed by atoms with Crippen LogP contribution in [0.3, 0.4) is 0 Å². The molecule has 1 fully saturated rings. The lowest BCUT2D eigenvalue weighted by Crippen LogP contribution is -2.40. The van der Waals surface area contributed by atoms with Gasteiger partial charge in [0, 0.05) is 29.0 Å². The van der Waals surface area contributed by atoms with Crippen molar-refractivity contribution in [2.45, 2.75) is 19.9 Å². The highest BCUT2D eigenvalue weighted by Gasteiger charge is 2.20. The quantitative estimate of drug-likeness (QED) is 0.896. The number of carbonyl (C=O) groups excluding carboxylic acids is 1. The van der Waals surface area contributed by atoms with E-state index in [2.05, 4.69) is 36.3 Å². The van der Waals surface area contributed by atoms with Crippen LogP contribution in [-0.4, -0.2) is 42.1 Å². The number of ether oxygens (including phenoxy) is 1. The van der Waals surface area contributed by atoms with E-state index in [0.717, 1.165) is 0 Å². The van der Waals surface area contributed by atoms with Crippen molar-refractivity contribution in [1.29, 1.82) is 0 Å². The van der Waals surface area contributed by atoms with E-state index in [1.54, 1.807) is 28.5 Å². The van der Waals surface area contributed by atoms with Gasteiger partial charge in [0.05, 0.1) is 29.8 Å². The van der Waals surface area contributed by atoms with Gasteiger partial charge >= 0.3 is 0 Å². The second-order valence-corrected chi connectivity index (χ2v) is 7.50. The van der Waals surface area contributed by atoms with E-state index in [1.165, 1.54) is 9.75 Å². The topological polar surface area (TPSA) is 54.5 Å². The van der Waals surface area contributed by atoms with E-state index in [0.29, 0.717) is 42.7 Å². The van der Waals surface area contributed by atoms with E-state index in [4.69, 9.17) is 16.3 Å². The lowest BCUT2D eigenvalue weighted by atomic mass is 10.2. The summed E-state index contributed by atoms with van der Waals surface area (Å²) in [7, 11) is 0. The molecular weight excluding hydrogens is 346 g/mol. The van der Waals surface area contributed by atoms with E-state index in [9.17, 15) is 4.79 Å². The van der Waals surface area contributed by atoms with Crippen molar-refractivity contribution in [3.8, 4) is 0 Å². The molecule has 0 aliphatic carbocycles. The Bertz CT molecular complexity index is 728. The third-order valence-electron chi connectivity index (χ3n) is 3.93. The molecule has 7 heteroatoms. The summed E-state index contributed by atoms with van der Waals surface area (Å²) in [6.45, 7) is 6.50. The minimum absolute atomic E-state index is 0.0545. The number of anilines is 1. The van der Waals surface area contributed by atoms with Crippen LogP contribution in [0.25, 0.3) is 0 Å². The number of hydrogen-bond acceptors (Lipinski definition) is 5. The van der Waals surface area contributed by atoms with Crippen molar-refractivity contribution in [3.63, 3.8) is 0 Å². The smallest absolute Gasteiger partial charge is 0.255 e. The van der Waals surface area contributed by atoms with Crippen molar-refractivity contribution in [2.24, 2.45) is 0 Å². The Morgan fingerprint density at radius 2 is 2.17 bits per heavy atom. The predicted octanol–water partition coefficient (Wildman–Crippen LogP) is 3.75. The molecule has 0 saturated carbocycles. The molecule has 0 spiro atoms. The summed E-state index contributed by atoms with van der Waals surface area (Å²) in [5, 5.41) is 3.76. The fourth-order valence-corrected chi connectivity index (χ4v) is 3.67. The van der Waals surface area contributed by atoms with Gasteiger partial charge in [0.25, 0.3) is 5.91 Å². The van der Waals surface area contributed by atoms with Gasteiger partial charge in [-0.05, 0) is 32.0 Å². The maximum absolute atomic E-state index is 12.5. The number of hydrogen-bond donors (Lipinski definition) is 1. The van der Waals surface area contributed by atoms with E-state index >= 15 is 0 Å². The molecular formula is C17H20ClN3O2S. The lowest BCUT2D eigenvalue weighted by molar-refractivity contribution is 0.0302. The van der Waals surface area contributed by atoms with E-state index in [1.807, 2.05) is 0 Å². The van der Waals surface area contributed by atoms with Crippen molar-refractivity contribution in [2.75, 3.05) is 31.6 Å². The molecule has 128 valence electrons. The Morgan fingerprint density at radius 1 is 1.42 bits per heavy atom. The number of aromatic nitrogens is 1. The molecule has 5 nitrogen and oxygen atoms in total. The van der Waals surface area contributed by atoms with Crippen LogP contribution in [0.5, 0.6) is 0 Å². The molecule has 0 aromatic carbocycles. The summed E-state index contributed by atoms with van der Waals surface area (Å²) in [4.78, 5) is 21.1. The molecule has 1 unspecified atom stereocenters. The Hall–Kier alpha value is -1.63. The zero-order chi connectivity index (χ0) is 17.1. The van der Waals surface area contributed by atoms with Gasteiger partial charge in [-0.3, -0.25) is 4.79 Å². The van der Waals surface area contributed by atoms with Gasteiger partial charge < -0.3 is 15.0 Å². The minimum atomic E-state index is -0.0545. The third-order valence-corrected chi connectivity index (χ3v) is 5.40. The van der Waals surface area contributed by atoms with Crippen LogP contribution >= 0.6 is 22.9 Å². The lowest BCUT2D eigenvalue weighted by Gasteiger charge is -2.27. The molecule has 1 aliphatic rings. The highest BCUT2D eigenvalue weighted by molar-refractivity contribution is 7.12. The summed E-state index contributed by atoms with van der Waals surface area (Å²) < 4.78 is 5.27. The average molecular weight is 366 g/mol. The number of aryl methyl sites for hydroxylation is 1. The first-order chi connectivity index (χ1) is 11.5. The van der Waals surface area contributed by atoms with Gasteiger partial charge in [-0.2, -0.15) is 0 Å². The average Bonchev–Trinajstić information content (AvgIpc) is 3.03. The van der Waals surface area contributed by atoms with Crippen molar-refractivity contribution in [1.82, 2.24) is 9.88 Å². The Balaban J connectivity index is 1.71. The molecule has 1 atom stereocenters. The van der Waals surface area contributed by atoms with Crippen molar-refractivity contribution < 1.29 is 9.53 Å². The molecule has 1 amide bonds.